The molecule has 1 amide bonds. The van der Waals surface area contributed by atoms with Crippen molar-refractivity contribution in [1.82, 2.24) is 10.6 Å². The third-order valence-corrected chi connectivity index (χ3v) is 1.43. The van der Waals surface area contributed by atoms with Crippen LogP contribution in [-0.4, -0.2) is 25.0 Å². The highest BCUT2D eigenvalue weighted by molar-refractivity contribution is 5.76. The van der Waals surface area contributed by atoms with Crippen molar-refractivity contribution >= 4 is 5.91 Å². The van der Waals surface area contributed by atoms with Gasteiger partial charge in [-0.2, -0.15) is 5.26 Å². The lowest BCUT2D eigenvalue weighted by Crippen LogP contribution is -2.34. The van der Waals surface area contributed by atoms with Crippen LogP contribution in [-0.2, 0) is 4.79 Å². The quantitative estimate of drug-likeness (QED) is 0.574. The van der Waals surface area contributed by atoms with Gasteiger partial charge < -0.3 is 5.32 Å². The van der Waals surface area contributed by atoms with Crippen LogP contribution in [0.1, 0.15) is 13.3 Å². The molecule has 0 aromatic rings. The minimum absolute atomic E-state index is 0.106. The standard InChI is InChI=1S/C9H15N3O/c1-3-5-12-8(7-10)6-9(13)11-4-2/h3,8,12H,1,4-6H2,2H3,(H,11,13). The molecule has 0 spiro atoms. The highest BCUT2D eigenvalue weighted by Crippen LogP contribution is 1.89. The number of nitrogens with one attached hydrogen (secondary N) is 2. The summed E-state index contributed by atoms with van der Waals surface area (Å²) in [5.41, 5.74) is 0. The molecule has 13 heavy (non-hydrogen) atoms. The first-order chi connectivity index (χ1) is 6.24. The Morgan fingerprint density at radius 3 is 2.92 bits per heavy atom. The molecule has 0 aliphatic rings. The van der Waals surface area contributed by atoms with E-state index in [2.05, 4.69) is 17.2 Å². The van der Waals surface area contributed by atoms with Gasteiger partial charge in [-0.25, -0.2) is 0 Å². The zero-order valence-electron chi connectivity index (χ0n) is 7.84. The first-order valence-corrected chi connectivity index (χ1v) is 4.25. The van der Waals surface area contributed by atoms with Crippen LogP contribution in [0.25, 0.3) is 0 Å². The van der Waals surface area contributed by atoms with E-state index >= 15 is 0 Å². The van der Waals surface area contributed by atoms with E-state index in [4.69, 9.17) is 5.26 Å². The minimum atomic E-state index is -0.426. The minimum Gasteiger partial charge on any atom is -0.356 e. The summed E-state index contributed by atoms with van der Waals surface area (Å²) < 4.78 is 0. The summed E-state index contributed by atoms with van der Waals surface area (Å²) in [5.74, 6) is -0.106. The number of nitriles is 1. The van der Waals surface area contributed by atoms with Crippen molar-refractivity contribution in [2.24, 2.45) is 0 Å². The van der Waals surface area contributed by atoms with Crippen LogP contribution in [0.4, 0.5) is 0 Å². The maximum atomic E-state index is 11.0. The summed E-state index contributed by atoms with van der Waals surface area (Å²) in [6, 6.07) is 1.58. The number of hydrogen-bond donors (Lipinski definition) is 2. The fourth-order valence-electron chi connectivity index (χ4n) is 0.844. The van der Waals surface area contributed by atoms with E-state index in [9.17, 15) is 4.79 Å². The molecule has 4 heteroatoms. The van der Waals surface area contributed by atoms with Gasteiger partial charge in [-0.15, -0.1) is 6.58 Å². The first-order valence-electron chi connectivity index (χ1n) is 4.25. The van der Waals surface area contributed by atoms with Crippen LogP contribution in [0, 0.1) is 11.3 Å². The molecule has 1 unspecified atom stereocenters. The molecule has 4 nitrogen and oxygen atoms in total. The summed E-state index contributed by atoms with van der Waals surface area (Å²) in [7, 11) is 0. The molecule has 0 saturated carbocycles. The van der Waals surface area contributed by atoms with Gasteiger partial charge in [0.2, 0.25) is 5.91 Å². The molecule has 0 aromatic carbocycles. The second-order valence-corrected chi connectivity index (χ2v) is 2.54. The monoisotopic (exact) mass is 181 g/mol. The molecule has 0 fully saturated rings. The molecule has 0 aliphatic heterocycles. The van der Waals surface area contributed by atoms with Crippen molar-refractivity contribution in [1.29, 1.82) is 5.26 Å². The summed E-state index contributed by atoms with van der Waals surface area (Å²) in [6.45, 7) is 6.49. The average molecular weight is 181 g/mol. The first kappa shape index (κ1) is 11.7. The van der Waals surface area contributed by atoms with Gasteiger partial charge in [-0.3, -0.25) is 10.1 Å². The second kappa shape index (κ2) is 7.32. The molecule has 0 radical (unpaired) electrons. The van der Waals surface area contributed by atoms with E-state index in [1.807, 2.05) is 13.0 Å². The molecule has 0 aromatic heterocycles. The van der Waals surface area contributed by atoms with Gasteiger partial charge >= 0.3 is 0 Å². The lowest BCUT2D eigenvalue weighted by Gasteiger charge is -2.08. The maximum Gasteiger partial charge on any atom is 0.222 e. The third kappa shape index (κ3) is 5.88. The van der Waals surface area contributed by atoms with Gasteiger partial charge in [0.05, 0.1) is 12.5 Å². The zero-order valence-corrected chi connectivity index (χ0v) is 7.84. The van der Waals surface area contributed by atoms with Gasteiger partial charge in [0.15, 0.2) is 0 Å². The molecule has 0 bridgehead atoms. The fourth-order valence-corrected chi connectivity index (χ4v) is 0.844. The van der Waals surface area contributed by atoms with E-state index in [1.165, 1.54) is 0 Å². The molecule has 0 rings (SSSR count). The van der Waals surface area contributed by atoms with Crippen LogP contribution in [0.3, 0.4) is 0 Å². The third-order valence-electron chi connectivity index (χ3n) is 1.43. The van der Waals surface area contributed by atoms with Crippen LogP contribution in [0.5, 0.6) is 0 Å². The fraction of sp³-hybridized carbons (Fsp3) is 0.556. The Hall–Kier alpha value is -1.34. The number of carbonyl (C=O) groups is 1. The van der Waals surface area contributed by atoms with Crippen molar-refractivity contribution < 1.29 is 4.79 Å². The molecule has 1 atom stereocenters. The van der Waals surface area contributed by atoms with Crippen molar-refractivity contribution in [3.63, 3.8) is 0 Å². The predicted molar refractivity (Wildman–Crippen MR) is 50.9 cm³/mol. The maximum absolute atomic E-state index is 11.0. The van der Waals surface area contributed by atoms with Gasteiger partial charge in [0, 0.05) is 13.1 Å². The van der Waals surface area contributed by atoms with E-state index in [1.54, 1.807) is 6.08 Å². The van der Waals surface area contributed by atoms with Gasteiger partial charge in [0.25, 0.3) is 0 Å². The molecule has 2 N–H and O–H groups in total. The Balaban J connectivity index is 3.77. The van der Waals surface area contributed by atoms with E-state index in [0.717, 1.165) is 0 Å². The highest BCUT2D eigenvalue weighted by Gasteiger charge is 2.10. The number of nitrogens with zero attached hydrogens (tertiary/aromatic N) is 1. The Morgan fingerprint density at radius 1 is 1.77 bits per heavy atom. The molecule has 0 aliphatic carbocycles. The van der Waals surface area contributed by atoms with Gasteiger partial charge in [-0.05, 0) is 6.92 Å². The highest BCUT2D eigenvalue weighted by atomic mass is 16.1. The number of hydrogen-bond acceptors (Lipinski definition) is 3. The molecule has 72 valence electrons. The predicted octanol–water partition coefficient (Wildman–Crippen LogP) is 0.180. The van der Waals surface area contributed by atoms with Crippen molar-refractivity contribution in [3.8, 4) is 6.07 Å². The Morgan fingerprint density at radius 2 is 2.46 bits per heavy atom. The summed E-state index contributed by atoms with van der Waals surface area (Å²) >= 11 is 0. The second-order valence-electron chi connectivity index (χ2n) is 2.54. The summed E-state index contributed by atoms with van der Waals surface area (Å²) in [5, 5.41) is 14.1. The summed E-state index contributed by atoms with van der Waals surface area (Å²) in [4.78, 5) is 11.0. The normalized spacial score (nSPS) is 11.4. The topological polar surface area (TPSA) is 64.9 Å². The number of rotatable bonds is 6. The lowest BCUT2D eigenvalue weighted by atomic mass is 10.2. The number of amides is 1. The largest absolute Gasteiger partial charge is 0.356 e. The molecular weight excluding hydrogens is 166 g/mol. The molecule has 0 heterocycles. The van der Waals surface area contributed by atoms with E-state index < -0.39 is 6.04 Å². The number of carbonyl (C=O) groups excluding carboxylic acids is 1. The Labute approximate surface area is 78.6 Å². The molecule has 0 saturated heterocycles. The van der Waals surface area contributed by atoms with Gasteiger partial charge in [0.1, 0.15) is 6.04 Å². The smallest absolute Gasteiger partial charge is 0.222 e. The van der Waals surface area contributed by atoms with Crippen molar-refractivity contribution in [2.45, 2.75) is 19.4 Å². The van der Waals surface area contributed by atoms with Crippen molar-refractivity contribution in [3.05, 3.63) is 12.7 Å². The lowest BCUT2D eigenvalue weighted by molar-refractivity contribution is -0.121. The van der Waals surface area contributed by atoms with Crippen LogP contribution in [0.15, 0.2) is 12.7 Å². The average Bonchev–Trinajstić information content (AvgIpc) is 2.12. The van der Waals surface area contributed by atoms with Crippen LogP contribution in [0.2, 0.25) is 0 Å². The molecular formula is C9H15N3O. The zero-order chi connectivity index (χ0) is 10.1. The Bertz CT molecular complexity index is 207. The van der Waals surface area contributed by atoms with E-state index in [0.29, 0.717) is 13.1 Å². The summed E-state index contributed by atoms with van der Waals surface area (Å²) in [6.07, 6.45) is 1.85. The van der Waals surface area contributed by atoms with E-state index in [-0.39, 0.29) is 12.3 Å². The van der Waals surface area contributed by atoms with Crippen LogP contribution < -0.4 is 10.6 Å². The van der Waals surface area contributed by atoms with Crippen LogP contribution >= 0.6 is 0 Å². The SMILES string of the molecule is C=CCNC(C#N)CC(=O)NCC. The van der Waals surface area contributed by atoms with Crippen molar-refractivity contribution in [2.75, 3.05) is 13.1 Å². The van der Waals surface area contributed by atoms with Gasteiger partial charge in [-0.1, -0.05) is 6.08 Å². The Kier molecular flexibility index (Phi) is 6.56.